The number of aryl methyl sites for hydroxylation is 1. The monoisotopic (exact) mass is 387 g/mol. The van der Waals surface area contributed by atoms with Crippen LogP contribution in [0.5, 0.6) is 11.5 Å². The van der Waals surface area contributed by atoms with Gasteiger partial charge in [-0.15, -0.1) is 0 Å². The number of benzene rings is 2. The van der Waals surface area contributed by atoms with E-state index in [0.29, 0.717) is 11.7 Å². The van der Waals surface area contributed by atoms with Crippen molar-refractivity contribution in [1.82, 2.24) is 19.7 Å². The molecular formula is C23H25N5O. The SMILES string of the molecule is CC(C)CCCn1nc(-c2ccc(Oc3ccccc3)cc2)c2c(N)ncnc21. The highest BCUT2D eigenvalue weighted by molar-refractivity contribution is 5.98. The number of nitrogens with zero attached hydrogens (tertiary/aromatic N) is 4. The number of para-hydroxylation sites is 1. The molecule has 4 rings (SSSR count). The second kappa shape index (κ2) is 8.31. The summed E-state index contributed by atoms with van der Waals surface area (Å²) in [5.41, 5.74) is 8.72. The quantitative estimate of drug-likeness (QED) is 0.465. The van der Waals surface area contributed by atoms with Gasteiger partial charge in [-0.3, -0.25) is 0 Å². The number of fused-ring (bicyclic) bond motifs is 1. The number of nitrogen functional groups attached to an aromatic ring is 1. The first-order valence-electron chi connectivity index (χ1n) is 9.92. The highest BCUT2D eigenvalue weighted by atomic mass is 16.5. The highest BCUT2D eigenvalue weighted by Gasteiger charge is 2.17. The molecule has 0 aliphatic rings. The van der Waals surface area contributed by atoms with Crippen LogP contribution in [0.4, 0.5) is 5.82 Å². The standard InChI is InChI=1S/C23H25N5O/c1-16(2)7-6-14-28-23-20(22(24)25-15-26-23)21(27-28)17-10-12-19(13-11-17)29-18-8-4-3-5-9-18/h3-5,8-13,15-16H,6-7,14H2,1-2H3,(H2,24,25,26). The van der Waals surface area contributed by atoms with Crippen LogP contribution in [-0.4, -0.2) is 19.7 Å². The smallest absolute Gasteiger partial charge is 0.163 e. The summed E-state index contributed by atoms with van der Waals surface area (Å²) in [5, 5.41) is 5.62. The Morgan fingerprint density at radius 1 is 0.966 bits per heavy atom. The van der Waals surface area contributed by atoms with E-state index in [9.17, 15) is 0 Å². The van der Waals surface area contributed by atoms with E-state index in [1.165, 1.54) is 6.33 Å². The van der Waals surface area contributed by atoms with Gasteiger partial charge in [-0.25, -0.2) is 14.6 Å². The van der Waals surface area contributed by atoms with Crippen molar-refractivity contribution in [3.8, 4) is 22.8 Å². The van der Waals surface area contributed by atoms with Crippen LogP contribution >= 0.6 is 0 Å². The fraction of sp³-hybridized carbons (Fsp3) is 0.261. The van der Waals surface area contributed by atoms with Crippen LogP contribution in [0.1, 0.15) is 26.7 Å². The van der Waals surface area contributed by atoms with E-state index in [-0.39, 0.29) is 0 Å². The van der Waals surface area contributed by atoms with Gasteiger partial charge in [0.25, 0.3) is 0 Å². The van der Waals surface area contributed by atoms with Crippen LogP contribution < -0.4 is 10.5 Å². The first kappa shape index (κ1) is 18.9. The summed E-state index contributed by atoms with van der Waals surface area (Å²) in [4.78, 5) is 8.62. The van der Waals surface area contributed by atoms with Gasteiger partial charge in [0.15, 0.2) is 5.65 Å². The van der Waals surface area contributed by atoms with Crippen molar-refractivity contribution in [2.24, 2.45) is 5.92 Å². The Balaban J connectivity index is 1.64. The van der Waals surface area contributed by atoms with E-state index in [2.05, 4.69) is 23.8 Å². The largest absolute Gasteiger partial charge is 0.457 e. The Bertz CT molecular complexity index is 1090. The van der Waals surface area contributed by atoms with E-state index >= 15 is 0 Å². The van der Waals surface area contributed by atoms with Gasteiger partial charge in [0.1, 0.15) is 29.3 Å². The fourth-order valence-electron chi connectivity index (χ4n) is 3.34. The van der Waals surface area contributed by atoms with Crippen molar-refractivity contribution in [3.05, 3.63) is 60.9 Å². The molecule has 2 N–H and O–H groups in total. The molecule has 0 amide bonds. The summed E-state index contributed by atoms with van der Waals surface area (Å²) >= 11 is 0. The van der Waals surface area contributed by atoms with Gasteiger partial charge in [0, 0.05) is 12.1 Å². The number of hydrogen-bond acceptors (Lipinski definition) is 5. The van der Waals surface area contributed by atoms with E-state index in [1.54, 1.807) is 0 Å². The molecule has 0 unspecified atom stereocenters. The zero-order valence-corrected chi connectivity index (χ0v) is 16.7. The van der Waals surface area contributed by atoms with Gasteiger partial charge < -0.3 is 10.5 Å². The fourth-order valence-corrected chi connectivity index (χ4v) is 3.34. The molecule has 4 aromatic rings. The average molecular weight is 387 g/mol. The van der Waals surface area contributed by atoms with Crippen molar-refractivity contribution < 1.29 is 4.74 Å². The maximum Gasteiger partial charge on any atom is 0.163 e. The van der Waals surface area contributed by atoms with Crippen molar-refractivity contribution in [3.63, 3.8) is 0 Å². The van der Waals surface area contributed by atoms with Crippen LogP contribution in [0.25, 0.3) is 22.3 Å². The molecule has 6 heteroatoms. The lowest BCUT2D eigenvalue weighted by atomic mass is 10.1. The van der Waals surface area contributed by atoms with Crippen LogP contribution in [0.2, 0.25) is 0 Å². The molecule has 0 bridgehead atoms. The molecule has 2 aromatic carbocycles. The molecule has 0 fully saturated rings. The second-order valence-corrected chi connectivity index (χ2v) is 7.50. The maximum absolute atomic E-state index is 6.19. The lowest BCUT2D eigenvalue weighted by Gasteiger charge is -2.06. The van der Waals surface area contributed by atoms with Gasteiger partial charge in [0.2, 0.25) is 0 Å². The van der Waals surface area contributed by atoms with Crippen molar-refractivity contribution in [2.75, 3.05) is 5.73 Å². The normalized spacial score (nSPS) is 11.3. The third kappa shape index (κ3) is 4.21. The molecule has 29 heavy (non-hydrogen) atoms. The third-order valence-electron chi connectivity index (χ3n) is 4.82. The van der Waals surface area contributed by atoms with Gasteiger partial charge in [-0.2, -0.15) is 5.10 Å². The number of hydrogen-bond donors (Lipinski definition) is 1. The Labute approximate surface area is 170 Å². The third-order valence-corrected chi connectivity index (χ3v) is 4.82. The van der Waals surface area contributed by atoms with E-state index in [4.69, 9.17) is 15.6 Å². The van der Waals surface area contributed by atoms with E-state index in [0.717, 1.165) is 53.2 Å². The Morgan fingerprint density at radius 3 is 2.41 bits per heavy atom. The predicted octanol–water partition coefficient (Wildman–Crippen LogP) is 5.30. The first-order chi connectivity index (χ1) is 14.1. The second-order valence-electron chi connectivity index (χ2n) is 7.50. The minimum absolute atomic E-state index is 0.449. The zero-order chi connectivity index (χ0) is 20.2. The van der Waals surface area contributed by atoms with Crippen molar-refractivity contribution >= 4 is 16.9 Å². The molecule has 0 spiro atoms. The van der Waals surface area contributed by atoms with Crippen LogP contribution in [0, 0.1) is 5.92 Å². The van der Waals surface area contributed by atoms with Crippen molar-refractivity contribution in [2.45, 2.75) is 33.2 Å². The number of rotatable bonds is 7. The summed E-state index contributed by atoms with van der Waals surface area (Å²) < 4.78 is 7.83. The van der Waals surface area contributed by atoms with E-state index in [1.807, 2.05) is 59.3 Å². The Hall–Kier alpha value is -3.41. The minimum Gasteiger partial charge on any atom is -0.457 e. The predicted molar refractivity (Wildman–Crippen MR) is 116 cm³/mol. The molecule has 0 saturated heterocycles. The molecule has 0 aliphatic heterocycles. The average Bonchev–Trinajstić information content (AvgIpc) is 3.09. The summed E-state index contributed by atoms with van der Waals surface area (Å²) in [6.45, 7) is 5.26. The lowest BCUT2D eigenvalue weighted by molar-refractivity contribution is 0.483. The van der Waals surface area contributed by atoms with Crippen molar-refractivity contribution in [1.29, 1.82) is 0 Å². The van der Waals surface area contributed by atoms with Gasteiger partial charge in [-0.1, -0.05) is 32.0 Å². The van der Waals surface area contributed by atoms with Gasteiger partial charge in [0.05, 0.1) is 5.39 Å². The highest BCUT2D eigenvalue weighted by Crippen LogP contribution is 2.32. The maximum atomic E-state index is 6.19. The number of ether oxygens (including phenoxy) is 1. The Morgan fingerprint density at radius 2 is 1.69 bits per heavy atom. The molecule has 2 aromatic heterocycles. The molecule has 2 heterocycles. The molecule has 0 saturated carbocycles. The van der Waals surface area contributed by atoms with E-state index < -0.39 is 0 Å². The molecule has 0 aliphatic carbocycles. The topological polar surface area (TPSA) is 78.9 Å². The van der Waals surface area contributed by atoms with Gasteiger partial charge in [-0.05, 0) is 55.2 Å². The molecule has 6 nitrogen and oxygen atoms in total. The molecule has 148 valence electrons. The summed E-state index contributed by atoms with van der Waals surface area (Å²) in [6.07, 6.45) is 3.68. The van der Waals surface area contributed by atoms with Gasteiger partial charge >= 0.3 is 0 Å². The number of nitrogens with two attached hydrogens (primary N) is 1. The lowest BCUT2D eigenvalue weighted by Crippen LogP contribution is -2.03. The zero-order valence-electron chi connectivity index (χ0n) is 16.7. The summed E-state index contributed by atoms with van der Waals surface area (Å²) in [6, 6.07) is 17.6. The minimum atomic E-state index is 0.449. The number of anilines is 1. The number of aromatic nitrogens is 4. The van der Waals surface area contributed by atoms with Crippen LogP contribution in [0.3, 0.4) is 0 Å². The van der Waals surface area contributed by atoms with Crippen LogP contribution in [-0.2, 0) is 6.54 Å². The Kier molecular flexibility index (Phi) is 5.42. The molecule has 0 atom stereocenters. The first-order valence-corrected chi connectivity index (χ1v) is 9.92. The summed E-state index contributed by atoms with van der Waals surface area (Å²) in [7, 11) is 0. The van der Waals surface area contributed by atoms with Crippen LogP contribution in [0.15, 0.2) is 60.9 Å². The molecule has 0 radical (unpaired) electrons. The molecular weight excluding hydrogens is 362 g/mol. The summed E-state index contributed by atoms with van der Waals surface area (Å²) in [5.74, 6) is 2.68.